The molecule has 5 heteroatoms. The van der Waals surface area contributed by atoms with Crippen LogP contribution in [0.15, 0.2) is 24.3 Å². The number of nitrogens with zero attached hydrogens (tertiary/aromatic N) is 2. The van der Waals surface area contributed by atoms with E-state index in [-0.39, 0.29) is 5.54 Å². The predicted molar refractivity (Wildman–Crippen MR) is 102 cm³/mol. The summed E-state index contributed by atoms with van der Waals surface area (Å²) in [6.45, 7) is 5.61. The Morgan fingerprint density at radius 2 is 1.96 bits per heavy atom. The van der Waals surface area contributed by atoms with E-state index in [1.165, 1.54) is 5.56 Å². The molecule has 1 amide bonds. The van der Waals surface area contributed by atoms with Gasteiger partial charge in [-0.1, -0.05) is 19.1 Å². The van der Waals surface area contributed by atoms with Crippen molar-refractivity contribution in [3.05, 3.63) is 29.8 Å². The number of piperidine rings is 1. The molecule has 0 unspecified atom stereocenters. The van der Waals surface area contributed by atoms with E-state index in [1.54, 1.807) is 14.2 Å². The van der Waals surface area contributed by atoms with Crippen LogP contribution in [0.25, 0.3) is 0 Å². The van der Waals surface area contributed by atoms with Crippen LogP contribution in [0.3, 0.4) is 0 Å². The van der Waals surface area contributed by atoms with E-state index in [2.05, 4.69) is 28.9 Å². The van der Waals surface area contributed by atoms with Gasteiger partial charge in [0.2, 0.25) is 5.91 Å². The summed E-state index contributed by atoms with van der Waals surface area (Å²) in [5.41, 5.74) is 1.28. The lowest BCUT2D eigenvalue weighted by Crippen LogP contribution is -2.63. The van der Waals surface area contributed by atoms with Crippen molar-refractivity contribution in [3.8, 4) is 5.75 Å². The molecule has 1 aromatic carbocycles. The molecule has 2 heterocycles. The number of amides is 1. The van der Waals surface area contributed by atoms with Gasteiger partial charge < -0.3 is 14.4 Å². The summed E-state index contributed by atoms with van der Waals surface area (Å²) >= 11 is 0. The Kier molecular flexibility index (Phi) is 6.20. The van der Waals surface area contributed by atoms with E-state index < -0.39 is 0 Å². The molecule has 2 fully saturated rings. The molecule has 144 valence electrons. The molecule has 0 radical (unpaired) electrons. The minimum atomic E-state index is -0.0188. The van der Waals surface area contributed by atoms with Crippen LogP contribution in [0, 0.1) is 0 Å². The molecule has 3 rings (SSSR count). The van der Waals surface area contributed by atoms with E-state index in [9.17, 15) is 4.79 Å². The topological polar surface area (TPSA) is 42.0 Å². The lowest BCUT2D eigenvalue weighted by molar-refractivity contribution is -0.136. The fourth-order valence-electron chi connectivity index (χ4n) is 5.02. The minimum absolute atomic E-state index is 0.0188. The Morgan fingerprint density at radius 3 is 2.62 bits per heavy atom. The van der Waals surface area contributed by atoms with Crippen molar-refractivity contribution in [2.75, 3.05) is 33.9 Å². The van der Waals surface area contributed by atoms with E-state index in [1.807, 2.05) is 12.1 Å². The molecule has 0 bridgehead atoms. The Balaban J connectivity index is 1.80. The first-order chi connectivity index (χ1) is 12.6. The molecule has 0 saturated carbocycles. The monoisotopic (exact) mass is 360 g/mol. The van der Waals surface area contributed by atoms with Crippen molar-refractivity contribution in [3.63, 3.8) is 0 Å². The molecule has 2 atom stereocenters. The van der Waals surface area contributed by atoms with Gasteiger partial charge in [0.05, 0.1) is 19.3 Å². The minimum Gasteiger partial charge on any atom is -0.497 e. The molecular formula is C21H32N2O3. The number of rotatable bonds is 7. The number of likely N-dealkylation sites (tertiary alicyclic amines) is 2. The van der Waals surface area contributed by atoms with E-state index >= 15 is 0 Å². The predicted octanol–water partition coefficient (Wildman–Crippen LogP) is 3.08. The Labute approximate surface area is 157 Å². The van der Waals surface area contributed by atoms with Crippen molar-refractivity contribution in [2.45, 2.75) is 57.2 Å². The maximum absolute atomic E-state index is 12.6. The van der Waals surface area contributed by atoms with E-state index in [0.717, 1.165) is 44.5 Å². The maximum Gasteiger partial charge on any atom is 0.223 e. The van der Waals surface area contributed by atoms with Crippen molar-refractivity contribution < 1.29 is 14.3 Å². The van der Waals surface area contributed by atoms with Gasteiger partial charge in [-0.15, -0.1) is 0 Å². The summed E-state index contributed by atoms with van der Waals surface area (Å²) in [4.78, 5) is 17.3. The fourth-order valence-corrected chi connectivity index (χ4v) is 5.02. The van der Waals surface area contributed by atoms with Gasteiger partial charge in [0.1, 0.15) is 5.75 Å². The largest absolute Gasteiger partial charge is 0.497 e. The number of hydrogen-bond acceptors (Lipinski definition) is 4. The highest BCUT2D eigenvalue weighted by Gasteiger charge is 2.52. The van der Waals surface area contributed by atoms with Crippen molar-refractivity contribution in [1.82, 2.24) is 9.80 Å². The average Bonchev–Trinajstić information content (AvgIpc) is 2.97. The highest BCUT2D eigenvalue weighted by molar-refractivity contribution is 5.80. The third kappa shape index (κ3) is 3.60. The summed E-state index contributed by atoms with van der Waals surface area (Å²) in [5, 5.41) is 0. The molecule has 0 N–H and O–H groups in total. The SMILES string of the molecule is CC[C@@H]1N(Cc2ccc(OC)cc2)CCC[C@]12CCC(=O)N2CCOC. The molecule has 2 saturated heterocycles. The molecule has 1 aromatic rings. The summed E-state index contributed by atoms with van der Waals surface area (Å²) in [6, 6.07) is 8.76. The Hall–Kier alpha value is -1.59. The normalized spacial score (nSPS) is 26.7. The van der Waals surface area contributed by atoms with Crippen LogP contribution in [-0.2, 0) is 16.1 Å². The average molecular weight is 360 g/mol. The second kappa shape index (κ2) is 8.40. The first-order valence-electron chi connectivity index (χ1n) is 9.81. The van der Waals surface area contributed by atoms with Crippen molar-refractivity contribution in [2.24, 2.45) is 0 Å². The second-order valence-corrected chi connectivity index (χ2v) is 7.49. The number of ether oxygens (including phenoxy) is 2. The summed E-state index contributed by atoms with van der Waals surface area (Å²) < 4.78 is 10.6. The van der Waals surface area contributed by atoms with Crippen molar-refractivity contribution >= 4 is 5.91 Å². The molecule has 2 aliphatic heterocycles. The van der Waals surface area contributed by atoms with Crippen LogP contribution in [0.2, 0.25) is 0 Å². The molecule has 0 aliphatic carbocycles. The van der Waals surface area contributed by atoms with Gasteiger partial charge in [-0.2, -0.15) is 0 Å². The van der Waals surface area contributed by atoms with Gasteiger partial charge >= 0.3 is 0 Å². The van der Waals surface area contributed by atoms with E-state index in [0.29, 0.717) is 31.5 Å². The Morgan fingerprint density at radius 1 is 1.19 bits per heavy atom. The zero-order chi connectivity index (χ0) is 18.6. The number of hydrogen-bond donors (Lipinski definition) is 0. The van der Waals surface area contributed by atoms with E-state index in [4.69, 9.17) is 9.47 Å². The maximum atomic E-state index is 12.6. The fraction of sp³-hybridized carbons (Fsp3) is 0.667. The van der Waals surface area contributed by atoms with Crippen LogP contribution in [0.1, 0.15) is 44.6 Å². The van der Waals surface area contributed by atoms with Crippen LogP contribution in [0.5, 0.6) is 5.75 Å². The number of benzene rings is 1. The van der Waals surface area contributed by atoms with Crippen LogP contribution in [0.4, 0.5) is 0 Å². The summed E-state index contributed by atoms with van der Waals surface area (Å²) in [7, 11) is 3.41. The van der Waals surface area contributed by atoms with Crippen LogP contribution >= 0.6 is 0 Å². The van der Waals surface area contributed by atoms with Gasteiger partial charge in [-0.3, -0.25) is 9.69 Å². The van der Waals surface area contributed by atoms with Gasteiger partial charge in [0, 0.05) is 32.7 Å². The molecule has 2 aliphatic rings. The summed E-state index contributed by atoms with van der Waals surface area (Å²) in [5.74, 6) is 1.19. The number of carbonyl (C=O) groups is 1. The lowest BCUT2D eigenvalue weighted by Gasteiger charge is -2.52. The third-order valence-corrected chi connectivity index (χ3v) is 6.18. The third-order valence-electron chi connectivity index (χ3n) is 6.18. The molecule has 1 spiro atoms. The molecule has 5 nitrogen and oxygen atoms in total. The zero-order valence-corrected chi connectivity index (χ0v) is 16.4. The first kappa shape index (κ1) is 19.2. The van der Waals surface area contributed by atoms with Gasteiger partial charge in [0.15, 0.2) is 0 Å². The highest BCUT2D eigenvalue weighted by atomic mass is 16.5. The van der Waals surface area contributed by atoms with Gasteiger partial charge in [-0.25, -0.2) is 0 Å². The zero-order valence-electron chi connectivity index (χ0n) is 16.4. The van der Waals surface area contributed by atoms with Crippen LogP contribution < -0.4 is 4.74 Å². The van der Waals surface area contributed by atoms with Gasteiger partial charge in [0.25, 0.3) is 0 Å². The smallest absolute Gasteiger partial charge is 0.223 e. The lowest BCUT2D eigenvalue weighted by atomic mass is 9.77. The standard InChI is InChI=1S/C21H32N2O3/c1-4-19-21(12-10-20(24)23(21)14-15-25-2)11-5-13-22(19)16-17-6-8-18(26-3)9-7-17/h6-9,19H,4-5,10-16H2,1-3H3/t19-,21-/m0/s1. The quantitative estimate of drug-likeness (QED) is 0.749. The highest BCUT2D eigenvalue weighted by Crippen LogP contribution is 2.43. The molecule has 26 heavy (non-hydrogen) atoms. The Bertz CT molecular complexity index is 604. The summed E-state index contributed by atoms with van der Waals surface area (Å²) in [6.07, 6.45) is 4.97. The molecule has 0 aromatic heterocycles. The van der Waals surface area contributed by atoms with Gasteiger partial charge in [-0.05, 0) is 49.9 Å². The number of methoxy groups -OCH3 is 2. The number of carbonyl (C=O) groups excluding carboxylic acids is 1. The van der Waals surface area contributed by atoms with Crippen LogP contribution in [-0.4, -0.2) is 61.2 Å². The van der Waals surface area contributed by atoms with Crippen molar-refractivity contribution in [1.29, 1.82) is 0 Å². The molecular weight excluding hydrogens is 328 g/mol. The first-order valence-corrected chi connectivity index (χ1v) is 9.81. The second-order valence-electron chi connectivity index (χ2n) is 7.49.